The second-order valence-electron chi connectivity index (χ2n) is 15.6. The van der Waals surface area contributed by atoms with Crippen LogP contribution in [0.25, 0.3) is 0 Å². The van der Waals surface area contributed by atoms with E-state index in [4.69, 9.17) is 4.74 Å². The first kappa shape index (κ1) is 27.5. The Kier molecular flexibility index (Phi) is 6.46. The molecule has 10 atom stereocenters. The Balaban J connectivity index is 1.52. The quantitative estimate of drug-likeness (QED) is 0.406. The number of rotatable bonds is 4. The first-order valence-corrected chi connectivity index (χ1v) is 15.2. The zero-order chi connectivity index (χ0) is 27.2. The highest BCUT2D eigenvalue weighted by molar-refractivity contribution is 5.81. The maximum Gasteiger partial charge on any atom is 0.341 e. The largest absolute Gasteiger partial charge is 0.479 e. The second kappa shape index (κ2) is 8.70. The summed E-state index contributed by atoms with van der Waals surface area (Å²) in [7, 11) is 0. The van der Waals surface area contributed by atoms with Gasteiger partial charge in [-0.1, -0.05) is 48.5 Å². The van der Waals surface area contributed by atoms with Crippen LogP contribution < -0.4 is 0 Å². The zero-order valence-electron chi connectivity index (χ0n) is 24.4. The molecule has 0 radical (unpaired) electrons. The Labute approximate surface area is 224 Å². The standard InChI is InChI=1S/C32H52O5/c1-19(2)20-10-15-32(27(36)37-18-25(34)35)17-16-30(6)21(26(20)32)8-9-23-29(5)13-12-24(33)28(3,4)22(29)11-14-31(23,30)7/h19-24,26,33H,8-18H2,1-7H3,(H,34,35)/t20-,21+,22-,23+,24-,26+,29-,30+,31+,32-/m0/s1. The average Bonchev–Trinajstić information content (AvgIpc) is 3.22. The van der Waals surface area contributed by atoms with Gasteiger partial charge in [0.1, 0.15) is 0 Å². The van der Waals surface area contributed by atoms with Gasteiger partial charge in [0.25, 0.3) is 0 Å². The molecule has 5 rings (SSSR count). The van der Waals surface area contributed by atoms with Crippen LogP contribution in [0.3, 0.4) is 0 Å². The molecule has 5 aliphatic carbocycles. The lowest BCUT2D eigenvalue weighted by atomic mass is 9.32. The number of aliphatic hydroxyl groups excluding tert-OH is 1. The summed E-state index contributed by atoms with van der Waals surface area (Å²) in [4.78, 5) is 24.9. The van der Waals surface area contributed by atoms with Crippen LogP contribution in [-0.4, -0.2) is 34.9 Å². The van der Waals surface area contributed by atoms with Gasteiger partial charge in [0.15, 0.2) is 6.61 Å². The van der Waals surface area contributed by atoms with E-state index in [1.165, 1.54) is 19.3 Å². The number of aliphatic hydroxyl groups is 1. The number of carboxylic acid groups (broad SMARTS) is 1. The molecule has 0 aliphatic heterocycles. The van der Waals surface area contributed by atoms with Crippen molar-refractivity contribution in [3.05, 3.63) is 0 Å². The van der Waals surface area contributed by atoms with Crippen LogP contribution in [0, 0.1) is 62.6 Å². The van der Waals surface area contributed by atoms with Crippen molar-refractivity contribution in [1.82, 2.24) is 0 Å². The van der Waals surface area contributed by atoms with Gasteiger partial charge in [0.05, 0.1) is 11.5 Å². The lowest BCUT2D eigenvalue weighted by Gasteiger charge is -2.72. The normalized spacial score (nSPS) is 50.4. The highest BCUT2D eigenvalue weighted by Crippen LogP contribution is 2.77. The summed E-state index contributed by atoms with van der Waals surface area (Å²) in [6.45, 7) is 16.4. The SMILES string of the molecule is CC(C)[C@@H]1CC[C@]2(C(=O)OCC(=O)O)CC[C@]3(C)[C@H](CC[C@@H]4[C@@]5(C)CC[C@H](O)C(C)(C)[C@@H]5CC[C@]43C)[C@@H]12. The van der Waals surface area contributed by atoms with Crippen molar-refractivity contribution in [1.29, 1.82) is 0 Å². The molecular weight excluding hydrogens is 464 g/mol. The Morgan fingerprint density at radius 1 is 0.838 bits per heavy atom. The summed E-state index contributed by atoms with van der Waals surface area (Å²) in [5.41, 5.74) is 0.0428. The van der Waals surface area contributed by atoms with Gasteiger partial charge in [-0.15, -0.1) is 0 Å². The maximum atomic E-state index is 13.6. The van der Waals surface area contributed by atoms with E-state index < -0.39 is 18.0 Å². The van der Waals surface area contributed by atoms with E-state index in [2.05, 4.69) is 48.5 Å². The van der Waals surface area contributed by atoms with Gasteiger partial charge in [-0.3, -0.25) is 4.79 Å². The van der Waals surface area contributed by atoms with Crippen molar-refractivity contribution in [3.8, 4) is 0 Å². The minimum atomic E-state index is -1.07. The molecule has 0 unspecified atom stereocenters. The van der Waals surface area contributed by atoms with Gasteiger partial charge in [-0.25, -0.2) is 4.79 Å². The number of carbonyl (C=O) groups is 2. The predicted octanol–water partition coefficient (Wildman–Crippen LogP) is 6.71. The Morgan fingerprint density at radius 2 is 1.54 bits per heavy atom. The number of carbonyl (C=O) groups excluding carboxylic acids is 1. The molecule has 5 nitrogen and oxygen atoms in total. The molecule has 0 amide bonds. The third-order valence-electron chi connectivity index (χ3n) is 14.1. The van der Waals surface area contributed by atoms with Crippen molar-refractivity contribution in [2.45, 2.75) is 119 Å². The van der Waals surface area contributed by atoms with Crippen molar-refractivity contribution in [2.24, 2.45) is 62.6 Å². The molecular formula is C32H52O5. The van der Waals surface area contributed by atoms with E-state index in [-0.39, 0.29) is 39.7 Å². The van der Waals surface area contributed by atoms with Crippen molar-refractivity contribution in [2.75, 3.05) is 6.61 Å². The van der Waals surface area contributed by atoms with E-state index in [1.54, 1.807) is 0 Å². The molecule has 5 fully saturated rings. The van der Waals surface area contributed by atoms with E-state index in [0.29, 0.717) is 29.6 Å². The molecule has 0 aromatic carbocycles. The summed E-state index contributed by atoms with van der Waals surface area (Å²) < 4.78 is 5.48. The van der Waals surface area contributed by atoms with Crippen LogP contribution in [0.15, 0.2) is 0 Å². The summed E-state index contributed by atoms with van der Waals surface area (Å²) in [6.07, 6.45) is 10.3. The number of fused-ring (bicyclic) bond motifs is 7. The molecule has 210 valence electrons. The summed E-state index contributed by atoms with van der Waals surface area (Å²) in [5.74, 6) is 1.61. The lowest BCUT2D eigenvalue weighted by Crippen LogP contribution is -2.67. The van der Waals surface area contributed by atoms with Gasteiger partial charge < -0.3 is 14.9 Å². The van der Waals surface area contributed by atoms with Crippen LogP contribution in [0.4, 0.5) is 0 Å². The van der Waals surface area contributed by atoms with Crippen LogP contribution in [0.1, 0.15) is 113 Å². The molecule has 0 bridgehead atoms. The molecule has 0 spiro atoms. The first-order chi connectivity index (χ1) is 17.1. The minimum absolute atomic E-state index is 0.0457. The van der Waals surface area contributed by atoms with Gasteiger partial charge >= 0.3 is 11.9 Å². The third-order valence-corrected chi connectivity index (χ3v) is 14.1. The maximum absolute atomic E-state index is 13.6. The minimum Gasteiger partial charge on any atom is -0.479 e. The molecule has 5 heteroatoms. The van der Waals surface area contributed by atoms with E-state index in [1.807, 2.05) is 0 Å². The number of hydrogen-bond donors (Lipinski definition) is 2. The molecule has 5 aliphatic rings. The van der Waals surface area contributed by atoms with E-state index >= 15 is 0 Å². The molecule has 5 saturated carbocycles. The van der Waals surface area contributed by atoms with Gasteiger partial charge in [-0.2, -0.15) is 0 Å². The predicted molar refractivity (Wildman–Crippen MR) is 144 cm³/mol. The van der Waals surface area contributed by atoms with Crippen LogP contribution in [0.5, 0.6) is 0 Å². The summed E-state index contributed by atoms with van der Waals surface area (Å²) in [5, 5.41) is 20.2. The fourth-order valence-corrected chi connectivity index (χ4v) is 12.0. The number of aliphatic carboxylic acids is 1. The zero-order valence-corrected chi connectivity index (χ0v) is 24.4. The van der Waals surface area contributed by atoms with Crippen LogP contribution in [-0.2, 0) is 14.3 Å². The second-order valence-corrected chi connectivity index (χ2v) is 15.6. The molecule has 2 N–H and O–H groups in total. The van der Waals surface area contributed by atoms with Crippen molar-refractivity contribution >= 4 is 11.9 Å². The number of hydrogen-bond acceptors (Lipinski definition) is 4. The topological polar surface area (TPSA) is 83.8 Å². The average molecular weight is 517 g/mol. The highest BCUT2D eigenvalue weighted by Gasteiger charge is 2.72. The summed E-state index contributed by atoms with van der Waals surface area (Å²) >= 11 is 0. The fourth-order valence-electron chi connectivity index (χ4n) is 12.0. The monoisotopic (exact) mass is 516 g/mol. The third kappa shape index (κ3) is 3.57. The van der Waals surface area contributed by atoms with E-state index in [0.717, 1.165) is 44.9 Å². The van der Waals surface area contributed by atoms with Crippen LogP contribution >= 0.6 is 0 Å². The van der Waals surface area contributed by atoms with Crippen molar-refractivity contribution < 1.29 is 24.5 Å². The van der Waals surface area contributed by atoms with E-state index in [9.17, 15) is 19.8 Å². The van der Waals surface area contributed by atoms with Crippen molar-refractivity contribution in [3.63, 3.8) is 0 Å². The lowest BCUT2D eigenvalue weighted by molar-refractivity contribution is -0.250. The molecule has 0 saturated heterocycles. The Bertz CT molecular complexity index is 941. The van der Waals surface area contributed by atoms with Gasteiger partial charge in [-0.05, 0) is 121 Å². The highest BCUT2D eigenvalue weighted by atomic mass is 16.6. The Hall–Kier alpha value is -1.10. The first-order valence-electron chi connectivity index (χ1n) is 15.2. The number of esters is 1. The van der Waals surface area contributed by atoms with Gasteiger partial charge in [0.2, 0.25) is 0 Å². The van der Waals surface area contributed by atoms with Crippen LogP contribution in [0.2, 0.25) is 0 Å². The van der Waals surface area contributed by atoms with Gasteiger partial charge in [0, 0.05) is 0 Å². The molecule has 0 heterocycles. The molecule has 0 aromatic heterocycles. The summed E-state index contributed by atoms with van der Waals surface area (Å²) in [6, 6.07) is 0. The Morgan fingerprint density at radius 3 is 2.19 bits per heavy atom. The number of carboxylic acids is 1. The molecule has 0 aromatic rings. The number of ether oxygens (including phenoxy) is 1. The molecule has 37 heavy (non-hydrogen) atoms. The fraction of sp³-hybridized carbons (Fsp3) is 0.938. The smallest absolute Gasteiger partial charge is 0.341 e.